The van der Waals surface area contributed by atoms with Gasteiger partial charge in [-0.1, -0.05) is 13.0 Å². The number of pyridine rings is 1. The highest BCUT2D eigenvalue weighted by molar-refractivity contribution is 5.03. The normalized spacial score (nSPS) is 22.6. The van der Waals surface area contributed by atoms with Crippen molar-refractivity contribution in [2.75, 3.05) is 39.9 Å². The van der Waals surface area contributed by atoms with Crippen molar-refractivity contribution in [3.8, 4) is 0 Å². The number of aromatic nitrogens is 1. The topological polar surface area (TPSA) is 37.4 Å². The first kappa shape index (κ1) is 15.4. The first-order valence-electron chi connectivity index (χ1n) is 7.69. The molecule has 0 aromatic carbocycles. The Balaban J connectivity index is 1.72. The average Bonchev–Trinajstić information content (AvgIpc) is 2.91. The highest BCUT2D eigenvalue weighted by Gasteiger charge is 2.28. The Bertz CT molecular complexity index is 371. The van der Waals surface area contributed by atoms with Gasteiger partial charge in [-0.25, -0.2) is 0 Å². The Morgan fingerprint density at radius 2 is 2.30 bits per heavy atom. The van der Waals surface area contributed by atoms with Gasteiger partial charge in [0.1, 0.15) is 0 Å². The van der Waals surface area contributed by atoms with Crippen molar-refractivity contribution >= 4 is 0 Å². The molecular formula is C16H27N3O. The lowest BCUT2D eigenvalue weighted by molar-refractivity contribution is 0.173. The molecule has 0 spiro atoms. The van der Waals surface area contributed by atoms with Gasteiger partial charge in [-0.05, 0) is 32.1 Å². The fourth-order valence-corrected chi connectivity index (χ4v) is 2.68. The highest BCUT2D eigenvalue weighted by atomic mass is 16.5. The molecule has 1 aromatic rings. The van der Waals surface area contributed by atoms with Gasteiger partial charge in [-0.3, -0.25) is 4.98 Å². The lowest BCUT2D eigenvalue weighted by Gasteiger charge is -2.24. The fraction of sp³-hybridized carbons (Fsp3) is 0.688. The molecular weight excluding hydrogens is 250 g/mol. The van der Waals surface area contributed by atoms with Crippen molar-refractivity contribution in [2.24, 2.45) is 5.92 Å². The van der Waals surface area contributed by atoms with Crippen LogP contribution >= 0.6 is 0 Å². The van der Waals surface area contributed by atoms with Crippen molar-refractivity contribution in [1.82, 2.24) is 15.2 Å². The van der Waals surface area contributed by atoms with Gasteiger partial charge in [0, 0.05) is 43.4 Å². The zero-order valence-electron chi connectivity index (χ0n) is 12.7. The van der Waals surface area contributed by atoms with Crippen LogP contribution in [-0.2, 0) is 11.2 Å². The number of hydrogen-bond donors (Lipinski definition) is 1. The number of nitrogens with zero attached hydrogens (tertiary/aromatic N) is 2. The summed E-state index contributed by atoms with van der Waals surface area (Å²) in [4.78, 5) is 6.77. The molecule has 1 fully saturated rings. The van der Waals surface area contributed by atoms with E-state index in [0.717, 1.165) is 39.3 Å². The van der Waals surface area contributed by atoms with Crippen LogP contribution in [0.1, 0.15) is 19.0 Å². The van der Waals surface area contributed by atoms with E-state index >= 15 is 0 Å². The Labute approximate surface area is 122 Å². The average molecular weight is 277 g/mol. The van der Waals surface area contributed by atoms with E-state index in [1.807, 2.05) is 12.3 Å². The summed E-state index contributed by atoms with van der Waals surface area (Å²) >= 11 is 0. The molecule has 1 aliphatic rings. The molecule has 1 aliphatic heterocycles. The molecule has 1 aromatic heterocycles. The molecule has 0 bridgehead atoms. The van der Waals surface area contributed by atoms with Crippen LogP contribution in [0.4, 0.5) is 0 Å². The van der Waals surface area contributed by atoms with Crippen molar-refractivity contribution in [3.63, 3.8) is 0 Å². The van der Waals surface area contributed by atoms with E-state index in [2.05, 4.69) is 41.3 Å². The fourth-order valence-electron chi connectivity index (χ4n) is 2.68. The summed E-state index contributed by atoms with van der Waals surface area (Å²) < 4.78 is 5.63. The van der Waals surface area contributed by atoms with Crippen LogP contribution in [0.3, 0.4) is 0 Å². The molecule has 4 nitrogen and oxygen atoms in total. The number of rotatable bonds is 8. The van der Waals surface area contributed by atoms with E-state index in [1.165, 1.54) is 12.1 Å². The van der Waals surface area contributed by atoms with Crippen LogP contribution in [0.5, 0.6) is 0 Å². The Kier molecular flexibility index (Phi) is 6.43. The summed E-state index contributed by atoms with van der Waals surface area (Å²) in [6, 6.07) is 6.63. The summed E-state index contributed by atoms with van der Waals surface area (Å²) in [6.07, 6.45) is 4.06. The quantitative estimate of drug-likeness (QED) is 0.783. The molecule has 4 heteroatoms. The molecule has 0 aliphatic carbocycles. The van der Waals surface area contributed by atoms with Gasteiger partial charge in [-0.15, -0.1) is 0 Å². The second kappa shape index (κ2) is 8.35. The molecule has 2 atom stereocenters. The first-order chi connectivity index (χ1) is 9.79. The minimum Gasteiger partial charge on any atom is -0.379 e. The summed E-state index contributed by atoms with van der Waals surface area (Å²) in [6.45, 7) is 7.18. The monoisotopic (exact) mass is 277 g/mol. The van der Waals surface area contributed by atoms with Crippen LogP contribution in [0.15, 0.2) is 24.4 Å². The number of nitrogens with one attached hydrogen (secondary N) is 1. The Morgan fingerprint density at radius 3 is 3.05 bits per heavy atom. The van der Waals surface area contributed by atoms with Crippen LogP contribution in [-0.4, -0.2) is 55.8 Å². The summed E-state index contributed by atoms with van der Waals surface area (Å²) in [7, 11) is 2.19. The summed E-state index contributed by atoms with van der Waals surface area (Å²) in [5.74, 6) is 0.607. The zero-order chi connectivity index (χ0) is 14.2. The highest BCUT2D eigenvalue weighted by Crippen LogP contribution is 2.15. The maximum absolute atomic E-state index is 5.63. The van der Waals surface area contributed by atoms with Crippen LogP contribution in [0, 0.1) is 5.92 Å². The molecule has 1 N–H and O–H groups in total. The van der Waals surface area contributed by atoms with Gasteiger partial charge in [0.15, 0.2) is 0 Å². The van der Waals surface area contributed by atoms with Crippen molar-refractivity contribution in [1.29, 1.82) is 0 Å². The first-order valence-corrected chi connectivity index (χ1v) is 7.69. The van der Waals surface area contributed by atoms with Gasteiger partial charge >= 0.3 is 0 Å². The molecule has 1 saturated heterocycles. The molecule has 2 unspecified atom stereocenters. The van der Waals surface area contributed by atoms with Crippen molar-refractivity contribution < 1.29 is 4.74 Å². The lowest BCUT2D eigenvalue weighted by atomic mass is 10.0. The molecule has 2 rings (SSSR count). The standard InChI is InChI=1S/C16H27N3O/c1-3-8-18-16-13-20-12-14(16)11-19(2)10-7-15-6-4-5-9-17-15/h4-6,9,14,16,18H,3,7-8,10-13H2,1-2H3. The Hall–Kier alpha value is -0.970. The number of hydrogen-bond acceptors (Lipinski definition) is 4. The third-order valence-electron chi connectivity index (χ3n) is 3.88. The van der Waals surface area contributed by atoms with Gasteiger partial charge in [-0.2, -0.15) is 0 Å². The molecule has 0 saturated carbocycles. The van der Waals surface area contributed by atoms with Crippen LogP contribution < -0.4 is 5.32 Å². The predicted molar refractivity (Wildman–Crippen MR) is 81.8 cm³/mol. The third-order valence-corrected chi connectivity index (χ3v) is 3.88. The molecule has 0 radical (unpaired) electrons. The van der Waals surface area contributed by atoms with E-state index in [1.54, 1.807) is 0 Å². The SMILES string of the molecule is CCCNC1COCC1CN(C)CCc1ccccn1. The van der Waals surface area contributed by atoms with Gasteiger partial charge in [0.05, 0.1) is 13.2 Å². The molecule has 20 heavy (non-hydrogen) atoms. The maximum atomic E-state index is 5.63. The largest absolute Gasteiger partial charge is 0.379 e. The second-order valence-electron chi connectivity index (χ2n) is 5.69. The second-order valence-corrected chi connectivity index (χ2v) is 5.69. The summed E-state index contributed by atoms with van der Waals surface area (Å²) in [5.41, 5.74) is 1.17. The van der Waals surface area contributed by atoms with E-state index in [-0.39, 0.29) is 0 Å². The maximum Gasteiger partial charge on any atom is 0.0623 e. The predicted octanol–water partition coefficient (Wildman–Crippen LogP) is 1.57. The smallest absolute Gasteiger partial charge is 0.0623 e. The summed E-state index contributed by atoms with van der Waals surface area (Å²) in [5, 5.41) is 3.60. The van der Waals surface area contributed by atoms with Gasteiger partial charge in [0.2, 0.25) is 0 Å². The number of ether oxygens (including phenoxy) is 1. The minimum atomic E-state index is 0.521. The zero-order valence-corrected chi connectivity index (χ0v) is 12.7. The van der Waals surface area contributed by atoms with Crippen molar-refractivity contribution in [3.05, 3.63) is 30.1 Å². The molecule has 2 heterocycles. The Morgan fingerprint density at radius 1 is 1.40 bits per heavy atom. The lowest BCUT2D eigenvalue weighted by Crippen LogP contribution is -2.41. The molecule has 112 valence electrons. The van der Waals surface area contributed by atoms with Crippen LogP contribution in [0.25, 0.3) is 0 Å². The van der Waals surface area contributed by atoms with Crippen LogP contribution in [0.2, 0.25) is 0 Å². The minimum absolute atomic E-state index is 0.521. The van der Waals surface area contributed by atoms with E-state index < -0.39 is 0 Å². The molecule has 0 amide bonds. The van der Waals surface area contributed by atoms with E-state index in [0.29, 0.717) is 12.0 Å². The van der Waals surface area contributed by atoms with E-state index in [9.17, 15) is 0 Å². The van der Waals surface area contributed by atoms with E-state index in [4.69, 9.17) is 4.74 Å². The van der Waals surface area contributed by atoms with Gasteiger partial charge in [0.25, 0.3) is 0 Å². The van der Waals surface area contributed by atoms with Gasteiger partial charge < -0.3 is 15.0 Å². The third kappa shape index (κ3) is 4.85. The van der Waals surface area contributed by atoms with Crippen molar-refractivity contribution in [2.45, 2.75) is 25.8 Å². The number of likely N-dealkylation sites (N-methyl/N-ethyl adjacent to an activating group) is 1.